The predicted molar refractivity (Wildman–Crippen MR) is 76.3 cm³/mol. The molecule has 1 fully saturated rings. The molecule has 1 atom stereocenters. The van der Waals surface area contributed by atoms with Crippen molar-refractivity contribution in [3.63, 3.8) is 0 Å². The number of nitrogens with zero attached hydrogens (tertiary/aromatic N) is 2. The van der Waals surface area contributed by atoms with Crippen LogP contribution in [0.2, 0.25) is 0 Å². The van der Waals surface area contributed by atoms with Gasteiger partial charge in [-0.05, 0) is 31.9 Å². The molecule has 1 aliphatic heterocycles. The van der Waals surface area contributed by atoms with Gasteiger partial charge in [0.25, 0.3) is 5.91 Å². The molecule has 2 heterocycles. The highest BCUT2D eigenvalue weighted by molar-refractivity contribution is 5.94. The maximum Gasteiger partial charge on any atom is 0.255 e. The van der Waals surface area contributed by atoms with Gasteiger partial charge in [0.1, 0.15) is 0 Å². The molecular formula is C15H21N3O2. The van der Waals surface area contributed by atoms with Gasteiger partial charge in [-0.1, -0.05) is 6.92 Å². The average Bonchev–Trinajstić information content (AvgIpc) is 2.87. The maximum absolute atomic E-state index is 12.3. The van der Waals surface area contributed by atoms with E-state index in [0.717, 1.165) is 18.5 Å². The molecule has 5 nitrogen and oxygen atoms in total. The zero-order valence-electron chi connectivity index (χ0n) is 12.1. The second kappa shape index (κ2) is 6.50. The molecule has 20 heavy (non-hydrogen) atoms. The van der Waals surface area contributed by atoms with Crippen molar-refractivity contribution in [1.82, 2.24) is 15.2 Å². The van der Waals surface area contributed by atoms with Crippen molar-refractivity contribution >= 4 is 11.8 Å². The minimum absolute atomic E-state index is 0.00950. The molecule has 0 spiro atoms. The van der Waals surface area contributed by atoms with E-state index in [-0.39, 0.29) is 17.9 Å². The first kappa shape index (κ1) is 14.5. The Morgan fingerprint density at radius 3 is 2.90 bits per heavy atom. The lowest BCUT2D eigenvalue weighted by atomic mass is 10.2. The Morgan fingerprint density at radius 2 is 2.25 bits per heavy atom. The molecule has 1 aromatic rings. The number of rotatable bonds is 4. The van der Waals surface area contributed by atoms with E-state index in [1.807, 2.05) is 19.9 Å². The molecule has 5 heteroatoms. The van der Waals surface area contributed by atoms with Crippen molar-refractivity contribution in [3.05, 3.63) is 29.6 Å². The first-order valence-corrected chi connectivity index (χ1v) is 7.11. The summed E-state index contributed by atoms with van der Waals surface area (Å²) in [4.78, 5) is 29.8. The highest BCUT2D eigenvalue weighted by atomic mass is 16.2. The van der Waals surface area contributed by atoms with Gasteiger partial charge in [-0.2, -0.15) is 0 Å². The molecule has 0 bridgehead atoms. The quantitative estimate of drug-likeness (QED) is 0.906. The largest absolute Gasteiger partial charge is 0.352 e. The standard InChI is InChI=1S/C15H21N3O2/c1-3-4-14(19)17-13-7-8-18(10-13)15(20)12-6-5-11(2)16-9-12/h5-6,9,13H,3-4,7-8,10H2,1-2H3,(H,17,19)/t13-/m1/s1. The fourth-order valence-corrected chi connectivity index (χ4v) is 2.37. The fourth-order valence-electron chi connectivity index (χ4n) is 2.37. The second-order valence-corrected chi connectivity index (χ2v) is 5.24. The number of aryl methyl sites for hydroxylation is 1. The van der Waals surface area contributed by atoms with Crippen molar-refractivity contribution in [3.8, 4) is 0 Å². The smallest absolute Gasteiger partial charge is 0.255 e. The first-order valence-electron chi connectivity index (χ1n) is 7.11. The molecule has 0 aromatic carbocycles. The molecular weight excluding hydrogens is 254 g/mol. The van der Waals surface area contributed by atoms with Crippen LogP contribution in [0.4, 0.5) is 0 Å². The van der Waals surface area contributed by atoms with Crippen molar-refractivity contribution in [1.29, 1.82) is 0 Å². The van der Waals surface area contributed by atoms with Crippen LogP contribution in [0.25, 0.3) is 0 Å². The third kappa shape index (κ3) is 3.56. The van der Waals surface area contributed by atoms with Crippen LogP contribution in [0.3, 0.4) is 0 Å². The lowest BCUT2D eigenvalue weighted by Crippen LogP contribution is -2.38. The van der Waals surface area contributed by atoms with E-state index in [9.17, 15) is 9.59 Å². The maximum atomic E-state index is 12.3. The van der Waals surface area contributed by atoms with Gasteiger partial charge in [-0.15, -0.1) is 0 Å². The molecule has 1 aliphatic rings. The van der Waals surface area contributed by atoms with Crippen LogP contribution < -0.4 is 5.32 Å². The Kier molecular flexibility index (Phi) is 4.71. The van der Waals surface area contributed by atoms with Crippen molar-refractivity contribution < 1.29 is 9.59 Å². The third-order valence-corrected chi connectivity index (χ3v) is 3.48. The van der Waals surface area contributed by atoms with Gasteiger partial charge < -0.3 is 10.2 Å². The highest BCUT2D eigenvalue weighted by Gasteiger charge is 2.27. The van der Waals surface area contributed by atoms with Crippen molar-refractivity contribution in [2.75, 3.05) is 13.1 Å². The number of hydrogen-bond acceptors (Lipinski definition) is 3. The summed E-state index contributed by atoms with van der Waals surface area (Å²) in [7, 11) is 0. The van der Waals surface area contributed by atoms with Gasteiger partial charge in [0, 0.05) is 37.4 Å². The summed E-state index contributed by atoms with van der Waals surface area (Å²) in [5.41, 5.74) is 1.50. The number of amides is 2. The summed E-state index contributed by atoms with van der Waals surface area (Å²) in [5.74, 6) is 0.0635. The molecule has 108 valence electrons. The average molecular weight is 275 g/mol. The summed E-state index contributed by atoms with van der Waals surface area (Å²) < 4.78 is 0. The van der Waals surface area contributed by atoms with Crippen LogP contribution in [0.5, 0.6) is 0 Å². The van der Waals surface area contributed by atoms with E-state index in [2.05, 4.69) is 10.3 Å². The van der Waals surface area contributed by atoms with E-state index < -0.39 is 0 Å². The zero-order chi connectivity index (χ0) is 14.5. The van der Waals surface area contributed by atoms with Gasteiger partial charge >= 0.3 is 0 Å². The van der Waals surface area contributed by atoms with Crippen molar-refractivity contribution in [2.45, 2.75) is 39.2 Å². The van der Waals surface area contributed by atoms with Crippen LogP contribution in [-0.4, -0.2) is 40.8 Å². The molecule has 1 aromatic heterocycles. The van der Waals surface area contributed by atoms with Crippen LogP contribution in [-0.2, 0) is 4.79 Å². The van der Waals surface area contributed by atoms with Crippen LogP contribution in [0.1, 0.15) is 42.2 Å². The number of carbonyl (C=O) groups excluding carboxylic acids is 2. The minimum Gasteiger partial charge on any atom is -0.352 e. The van der Waals surface area contributed by atoms with Crippen LogP contribution in [0.15, 0.2) is 18.3 Å². The summed E-state index contributed by atoms with van der Waals surface area (Å²) in [5, 5.41) is 2.98. The molecule has 1 N–H and O–H groups in total. The van der Waals surface area contributed by atoms with Gasteiger partial charge in [0.05, 0.1) is 5.56 Å². The van der Waals surface area contributed by atoms with E-state index in [0.29, 0.717) is 25.1 Å². The van der Waals surface area contributed by atoms with E-state index in [1.165, 1.54) is 0 Å². The topological polar surface area (TPSA) is 62.3 Å². The molecule has 0 unspecified atom stereocenters. The third-order valence-electron chi connectivity index (χ3n) is 3.48. The van der Waals surface area contributed by atoms with Gasteiger partial charge in [-0.25, -0.2) is 0 Å². The van der Waals surface area contributed by atoms with Crippen LogP contribution in [0, 0.1) is 6.92 Å². The van der Waals surface area contributed by atoms with E-state index in [1.54, 1.807) is 17.2 Å². The fraction of sp³-hybridized carbons (Fsp3) is 0.533. The van der Waals surface area contributed by atoms with Gasteiger partial charge in [0.15, 0.2) is 0 Å². The minimum atomic E-state index is -0.00950. The Balaban J connectivity index is 1.90. The number of likely N-dealkylation sites (tertiary alicyclic amines) is 1. The van der Waals surface area contributed by atoms with E-state index in [4.69, 9.17) is 0 Å². The number of aromatic nitrogens is 1. The Labute approximate surface area is 119 Å². The van der Waals surface area contributed by atoms with Gasteiger partial charge in [-0.3, -0.25) is 14.6 Å². The summed E-state index contributed by atoms with van der Waals surface area (Å²) >= 11 is 0. The summed E-state index contributed by atoms with van der Waals surface area (Å²) in [6.07, 6.45) is 3.82. The Morgan fingerprint density at radius 1 is 1.45 bits per heavy atom. The van der Waals surface area contributed by atoms with E-state index >= 15 is 0 Å². The number of pyridine rings is 1. The second-order valence-electron chi connectivity index (χ2n) is 5.24. The predicted octanol–water partition coefficient (Wildman–Crippen LogP) is 1.52. The molecule has 0 aliphatic carbocycles. The zero-order valence-corrected chi connectivity index (χ0v) is 12.1. The van der Waals surface area contributed by atoms with Crippen LogP contribution >= 0.6 is 0 Å². The summed E-state index contributed by atoms with van der Waals surface area (Å²) in [6, 6.07) is 3.72. The normalized spacial score (nSPS) is 18.1. The lowest BCUT2D eigenvalue weighted by molar-refractivity contribution is -0.121. The molecule has 2 rings (SSSR count). The SMILES string of the molecule is CCCC(=O)N[C@@H]1CCN(C(=O)c2ccc(C)nc2)C1. The highest BCUT2D eigenvalue weighted by Crippen LogP contribution is 2.13. The van der Waals surface area contributed by atoms with Crippen molar-refractivity contribution in [2.24, 2.45) is 0 Å². The molecule has 0 radical (unpaired) electrons. The molecule has 0 saturated carbocycles. The Hall–Kier alpha value is -1.91. The van der Waals surface area contributed by atoms with Gasteiger partial charge in [0.2, 0.25) is 5.91 Å². The lowest BCUT2D eigenvalue weighted by Gasteiger charge is -2.17. The first-order chi connectivity index (χ1) is 9.60. The molecule has 2 amide bonds. The monoisotopic (exact) mass is 275 g/mol. The molecule has 1 saturated heterocycles. The number of carbonyl (C=O) groups is 2. The summed E-state index contributed by atoms with van der Waals surface area (Å²) in [6.45, 7) is 5.14. The number of nitrogens with one attached hydrogen (secondary N) is 1. The Bertz CT molecular complexity index is 484. The number of hydrogen-bond donors (Lipinski definition) is 1.